The van der Waals surface area contributed by atoms with Gasteiger partial charge in [-0.15, -0.1) is 0 Å². The summed E-state index contributed by atoms with van der Waals surface area (Å²) in [7, 11) is -3.93. The zero-order chi connectivity index (χ0) is 30.0. The highest BCUT2D eigenvalue weighted by Gasteiger charge is 2.34. The molecule has 0 unspecified atom stereocenters. The Bertz CT molecular complexity index is 1070. The number of sulfonamides is 1. The third kappa shape index (κ3) is 10.7. The highest BCUT2D eigenvalue weighted by Crippen LogP contribution is 2.31. The van der Waals surface area contributed by atoms with Crippen molar-refractivity contribution in [3.05, 3.63) is 24.3 Å². The van der Waals surface area contributed by atoms with Gasteiger partial charge in [0.05, 0.1) is 36.4 Å². The predicted molar refractivity (Wildman–Crippen MR) is 158 cm³/mol. The van der Waals surface area contributed by atoms with Gasteiger partial charge >= 0.3 is 6.09 Å². The summed E-state index contributed by atoms with van der Waals surface area (Å²) < 4.78 is 44.9. The second kappa shape index (κ2) is 16.1. The van der Waals surface area contributed by atoms with E-state index in [1.807, 2.05) is 13.8 Å². The number of alkyl carbamates (subject to hydrolysis) is 1. The van der Waals surface area contributed by atoms with Crippen molar-refractivity contribution in [3.8, 4) is 0 Å². The monoisotopic (exact) mass is 615 g/mol. The van der Waals surface area contributed by atoms with Crippen molar-refractivity contribution >= 4 is 38.7 Å². The van der Waals surface area contributed by atoms with Crippen molar-refractivity contribution in [1.82, 2.24) is 9.62 Å². The van der Waals surface area contributed by atoms with Crippen molar-refractivity contribution in [2.45, 2.75) is 81.6 Å². The van der Waals surface area contributed by atoms with Crippen molar-refractivity contribution in [2.24, 2.45) is 11.8 Å². The Balaban J connectivity index is 1.71. The van der Waals surface area contributed by atoms with E-state index in [4.69, 9.17) is 19.9 Å². The first-order chi connectivity index (χ1) is 19.5. The van der Waals surface area contributed by atoms with Crippen LogP contribution in [0, 0.1) is 11.8 Å². The molecule has 1 amide bonds. The summed E-state index contributed by atoms with van der Waals surface area (Å²) in [4.78, 5) is 24.5. The Morgan fingerprint density at radius 2 is 1.80 bits per heavy atom. The van der Waals surface area contributed by atoms with E-state index in [9.17, 15) is 23.1 Å². The van der Waals surface area contributed by atoms with Gasteiger partial charge in [-0.3, -0.25) is 4.79 Å². The maximum Gasteiger partial charge on any atom is 0.407 e. The van der Waals surface area contributed by atoms with E-state index in [1.54, 1.807) is 6.26 Å². The lowest BCUT2D eigenvalue weighted by atomic mass is 9.82. The molecule has 1 saturated carbocycles. The molecule has 11 nitrogen and oxygen atoms in total. The standard InChI is InChI=1S/C28H45N3O8S2/c1-19(2)15-31(41(35,36)24-10-6-21(29)7-11-24)16-26(32)25(30-28(34)39-23-12-13-37-17-23)14-20-4-8-22(9-5-20)38-18-27(33)40-3/h6-7,10-11,19-20,22-23,25-26,32H,4-5,8-9,12-18,29H2,1-3H3,(H,30,34)/t20?,22?,23-,25-,26+/m0/s1. The van der Waals surface area contributed by atoms with Crippen LogP contribution in [0.1, 0.15) is 52.4 Å². The Labute approximate surface area is 247 Å². The van der Waals surface area contributed by atoms with E-state index < -0.39 is 28.3 Å². The normalized spacial score (nSPS) is 22.9. The third-order valence-corrected chi connectivity index (χ3v) is 9.87. The van der Waals surface area contributed by atoms with Crippen LogP contribution in [0.5, 0.6) is 0 Å². The number of nitrogen functional groups attached to an aromatic ring is 1. The lowest BCUT2D eigenvalue weighted by Crippen LogP contribution is -2.51. The van der Waals surface area contributed by atoms with Gasteiger partial charge in [-0.2, -0.15) is 4.31 Å². The van der Waals surface area contributed by atoms with Crippen LogP contribution < -0.4 is 11.1 Å². The Kier molecular flexibility index (Phi) is 13.2. The summed E-state index contributed by atoms with van der Waals surface area (Å²) in [6, 6.07) is 5.23. The molecule has 1 heterocycles. The first-order valence-electron chi connectivity index (χ1n) is 14.2. The first kappa shape index (κ1) is 33.6. The molecule has 13 heteroatoms. The Morgan fingerprint density at radius 3 is 2.39 bits per heavy atom. The molecule has 2 aliphatic rings. The topological polar surface area (TPSA) is 157 Å². The highest BCUT2D eigenvalue weighted by atomic mass is 32.2. The van der Waals surface area contributed by atoms with Crippen LogP contribution >= 0.6 is 11.8 Å². The van der Waals surface area contributed by atoms with Crippen LogP contribution in [0.15, 0.2) is 29.2 Å². The average molecular weight is 616 g/mol. The van der Waals surface area contributed by atoms with Crippen LogP contribution in [0.4, 0.5) is 10.5 Å². The van der Waals surface area contributed by atoms with Crippen molar-refractivity contribution < 1.29 is 37.3 Å². The van der Waals surface area contributed by atoms with Gasteiger partial charge in [0.15, 0.2) is 0 Å². The van der Waals surface area contributed by atoms with Gasteiger partial charge in [-0.1, -0.05) is 25.6 Å². The van der Waals surface area contributed by atoms with Gasteiger partial charge in [-0.05, 0) is 74.5 Å². The fourth-order valence-electron chi connectivity index (χ4n) is 5.20. The number of anilines is 1. The number of amides is 1. The zero-order valence-electron chi connectivity index (χ0n) is 24.2. The highest BCUT2D eigenvalue weighted by molar-refractivity contribution is 8.13. The summed E-state index contributed by atoms with van der Waals surface area (Å²) in [5, 5.41) is 14.2. The number of thioether (sulfide) groups is 1. The molecule has 3 atom stereocenters. The minimum atomic E-state index is -3.93. The van der Waals surface area contributed by atoms with Gasteiger partial charge < -0.3 is 30.4 Å². The summed E-state index contributed by atoms with van der Waals surface area (Å²) in [6.45, 7) is 4.74. The molecule has 41 heavy (non-hydrogen) atoms. The Morgan fingerprint density at radius 1 is 1.12 bits per heavy atom. The molecule has 0 spiro atoms. The molecule has 0 aromatic heterocycles. The number of carbonyl (C=O) groups excluding carboxylic acids is 2. The molecule has 1 saturated heterocycles. The second-order valence-corrected chi connectivity index (χ2v) is 14.1. The number of hydrogen-bond acceptors (Lipinski definition) is 10. The van der Waals surface area contributed by atoms with E-state index in [1.165, 1.54) is 28.6 Å². The fraction of sp³-hybridized carbons (Fsp3) is 0.714. The third-order valence-electron chi connectivity index (χ3n) is 7.45. The maximum atomic E-state index is 13.6. The van der Waals surface area contributed by atoms with Crippen molar-refractivity contribution in [2.75, 3.05) is 44.9 Å². The molecule has 0 bridgehead atoms. The number of ether oxygens (including phenoxy) is 3. The molecule has 232 valence electrons. The number of aliphatic hydroxyl groups excluding tert-OH is 1. The summed E-state index contributed by atoms with van der Waals surface area (Å²) >= 11 is 1.15. The number of hydrogen-bond donors (Lipinski definition) is 3. The van der Waals surface area contributed by atoms with Crippen molar-refractivity contribution in [3.63, 3.8) is 0 Å². The number of carbonyl (C=O) groups is 2. The van der Waals surface area contributed by atoms with Crippen LogP contribution in [-0.2, 0) is 29.0 Å². The molecule has 4 N–H and O–H groups in total. The quantitative estimate of drug-likeness (QED) is 0.266. The number of nitrogens with zero attached hydrogens (tertiary/aromatic N) is 1. The SMILES string of the molecule is CSC(=O)COC1CCC(C[C@H](NC(=O)O[C@H]2CCOC2)[C@H](O)CN(CC(C)C)S(=O)(=O)c2ccc(N)cc2)CC1. The fourth-order valence-corrected chi connectivity index (χ4v) is 7.00. The summed E-state index contributed by atoms with van der Waals surface area (Å²) in [5.41, 5.74) is 6.20. The number of nitrogens with one attached hydrogen (secondary N) is 1. The molecule has 2 fully saturated rings. The lowest BCUT2D eigenvalue weighted by Gasteiger charge is -2.34. The first-order valence-corrected chi connectivity index (χ1v) is 16.9. The number of rotatable bonds is 14. The van der Waals surface area contributed by atoms with Gasteiger partial charge in [0, 0.05) is 25.2 Å². The number of benzene rings is 1. The van der Waals surface area contributed by atoms with E-state index >= 15 is 0 Å². The molecule has 1 aliphatic carbocycles. The lowest BCUT2D eigenvalue weighted by molar-refractivity contribution is -0.117. The molecular formula is C28H45N3O8S2. The van der Waals surface area contributed by atoms with Crippen molar-refractivity contribution in [1.29, 1.82) is 0 Å². The van der Waals surface area contributed by atoms with Crippen LogP contribution in [0.2, 0.25) is 0 Å². The summed E-state index contributed by atoms with van der Waals surface area (Å²) in [5.74, 6) is 0.172. The van der Waals surface area contributed by atoms with Crippen LogP contribution in [-0.4, -0.2) is 92.6 Å². The molecule has 0 radical (unpaired) electrons. The van der Waals surface area contributed by atoms with Crippen LogP contribution in [0.3, 0.4) is 0 Å². The molecular weight excluding hydrogens is 570 g/mol. The predicted octanol–water partition coefficient (Wildman–Crippen LogP) is 3.02. The average Bonchev–Trinajstić information content (AvgIpc) is 3.44. The van der Waals surface area contributed by atoms with Crippen LogP contribution in [0.25, 0.3) is 0 Å². The number of nitrogens with two attached hydrogens (primary N) is 1. The number of aliphatic hydroxyl groups is 1. The summed E-state index contributed by atoms with van der Waals surface area (Å²) in [6.07, 6.45) is 3.72. The van der Waals surface area contributed by atoms with Gasteiger partial charge in [0.25, 0.3) is 0 Å². The van der Waals surface area contributed by atoms with Gasteiger partial charge in [0.2, 0.25) is 15.1 Å². The van der Waals surface area contributed by atoms with Gasteiger partial charge in [0.1, 0.15) is 12.7 Å². The smallest absolute Gasteiger partial charge is 0.407 e. The molecule has 1 aromatic carbocycles. The molecule has 1 aliphatic heterocycles. The van der Waals surface area contributed by atoms with E-state index in [0.717, 1.165) is 37.4 Å². The van der Waals surface area contributed by atoms with Gasteiger partial charge in [-0.25, -0.2) is 13.2 Å². The minimum Gasteiger partial charge on any atom is -0.444 e. The molecule has 1 aromatic rings. The zero-order valence-corrected chi connectivity index (χ0v) is 25.8. The van der Waals surface area contributed by atoms with E-state index in [2.05, 4.69) is 5.32 Å². The largest absolute Gasteiger partial charge is 0.444 e. The van der Waals surface area contributed by atoms with E-state index in [0.29, 0.717) is 31.7 Å². The minimum absolute atomic E-state index is 0.00207. The Hall–Kier alpha value is -1.90. The van der Waals surface area contributed by atoms with E-state index in [-0.39, 0.29) is 53.8 Å². The maximum absolute atomic E-state index is 13.6. The second-order valence-electron chi connectivity index (χ2n) is 11.3. The molecule has 3 rings (SSSR count).